The molecule has 7 heteroatoms. The normalized spacial score (nSPS) is 15.7. The number of nitrogens with one attached hydrogen (secondary N) is 1. The number of furan rings is 1. The summed E-state index contributed by atoms with van der Waals surface area (Å²) in [4.78, 5) is 16.8. The highest BCUT2D eigenvalue weighted by Gasteiger charge is 2.36. The van der Waals surface area contributed by atoms with Gasteiger partial charge in [-0.05, 0) is 44.1 Å². The van der Waals surface area contributed by atoms with Gasteiger partial charge in [-0.15, -0.1) is 0 Å². The van der Waals surface area contributed by atoms with E-state index < -0.39 is 0 Å². The molecule has 1 fully saturated rings. The summed E-state index contributed by atoms with van der Waals surface area (Å²) in [7, 11) is 0. The monoisotopic (exact) mass is 320 g/mol. The molecule has 1 saturated carbocycles. The summed E-state index contributed by atoms with van der Waals surface area (Å²) in [5.41, 5.74) is 0. The average Bonchev–Trinajstić information content (AvgIpc) is 3.06. The van der Waals surface area contributed by atoms with Crippen molar-refractivity contribution in [3.8, 4) is 0 Å². The second kappa shape index (κ2) is 6.56. The van der Waals surface area contributed by atoms with Crippen molar-refractivity contribution in [3.05, 3.63) is 35.8 Å². The number of carbonyl (C=O) groups excluding carboxylic acids is 1. The number of carbonyl (C=O) groups is 1. The average molecular weight is 320 g/mol. The van der Waals surface area contributed by atoms with Crippen LogP contribution in [0, 0.1) is 5.92 Å². The Hall–Kier alpha value is -1.76. The third-order valence-corrected chi connectivity index (χ3v) is 4.35. The van der Waals surface area contributed by atoms with Crippen LogP contribution in [0.5, 0.6) is 0 Å². The van der Waals surface area contributed by atoms with Gasteiger partial charge in [0, 0.05) is 6.54 Å². The third-order valence-electron chi connectivity index (χ3n) is 3.78. The van der Waals surface area contributed by atoms with Crippen LogP contribution in [-0.4, -0.2) is 26.9 Å². The zero-order chi connectivity index (χ0) is 15.5. The molecule has 0 spiro atoms. The first-order chi connectivity index (χ1) is 10.7. The minimum Gasteiger partial charge on any atom is -0.455 e. The molecule has 1 atom stereocenters. The van der Waals surface area contributed by atoms with Crippen LogP contribution in [0.25, 0.3) is 0 Å². The highest BCUT2D eigenvalue weighted by atomic mass is 32.2. The number of hydrogen-bond acceptors (Lipinski definition) is 5. The maximum absolute atomic E-state index is 12.4. The fourth-order valence-electron chi connectivity index (χ4n) is 2.51. The molecule has 1 amide bonds. The molecule has 118 valence electrons. The molecular weight excluding hydrogens is 300 g/mol. The number of thioether (sulfide) groups is 1. The zero-order valence-corrected chi connectivity index (χ0v) is 13.6. The standard InChI is InChI=1S/C15H20N4O2S/c1-3-19-14(16-9-17-19)13(10-4-5-10)18-15(20)12-7-6-11(21-12)8-22-2/h6-7,9-10,13H,3-5,8H2,1-2H3,(H,18,20)/t13-/m1/s1. The van der Waals surface area contributed by atoms with Gasteiger partial charge in [0.05, 0.1) is 11.8 Å². The summed E-state index contributed by atoms with van der Waals surface area (Å²) < 4.78 is 7.42. The molecule has 0 bridgehead atoms. The zero-order valence-electron chi connectivity index (χ0n) is 12.8. The molecule has 22 heavy (non-hydrogen) atoms. The van der Waals surface area contributed by atoms with E-state index in [1.165, 1.54) is 0 Å². The van der Waals surface area contributed by atoms with Gasteiger partial charge in [0.15, 0.2) is 5.76 Å². The van der Waals surface area contributed by atoms with Gasteiger partial charge in [-0.25, -0.2) is 9.67 Å². The van der Waals surface area contributed by atoms with Crippen LogP contribution in [0.2, 0.25) is 0 Å². The molecule has 2 aromatic rings. The Labute approximate surface area is 133 Å². The Balaban J connectivity index is 1.74. The van der Waals surface area contributed by atoms with Crippen LogP contribution in [0.3, 0.4) is 0 Å². The van der Waals surface area contributed by atoms with E-state index in [9.17, 15) is 4.79 Å². The fraction of sp³-hybridized carbons (Fsp3) is 0.533. The van der Waals surface area contributed by atoms with E-state index in [4.69, 9.17) is 4.42 Å². The van der Waals surface area contributed by atoms with Gasteiger partial charge < -0.3 is 9.73 Å². The lowest BCUT2D eigenvalue weighted by Crippen LogP contribution is -2.31. The van der Waals surface area contributed by atoms with Crippen LogP contribution in [-0.2, 0) is 12.3 Å². The van der Waals surface area contributed by atoms with Crippen molar-refractivity contribution in [3.63, 3.8) is 0 Å². The van der Waals surface area contributed by atoms with Crippen LogP contribution in [0.15, 0.2) is 22.9 Å². The van der Waals surface area contributed by atoms with Gasteiger partial charge in [-0.3, -0.25) is 4.79 Å². The second-order valence-corrected chi connectivity index (χ2v) is 6.29. The number of rotatable bonds is 7. The number of nitrogens with zero attached hydrogens (tertiary/aromatic N) is 3. The summed E-state index contributed by atoms with van der Waals surface area (Å²) in [6.07, 6.45) is 5.77. The lowest BCUT2D eigenvalue weighted by Gasteiger charge is -2.17. The molecule has 1 aliphatic rings. The minimum atomic E-state index is -0.185. The Morgan fingerprint density at radius 1 is 1.55 bits per heavy atom. The quantitative estimate of drug-likeness (QED) is 0.849. The molecular formula is C15H20N4O2S. The molecule has 0 saturated heterocycles. The largest absolute Gasteiger partial charge is 0.455 e. The van der Waals surface area contributed by atoms with Gasteiger partial charge in [0.1, 0.15) is 17.9 Å². The van der Waals surface area contributed by atoms with Crippen molar-refractivity contribution in [1.29, 1.82) is 0 Å². The second-order valence-electron chi connectivity index (χ2n) is 5.42. The Bertz CT molecular complexity index is 648. The number of amides is 1. The van der Waals surface area contributed by atoms with Crippen LogP contribution < -0.4 is 5.32 Å². The van der Waals surface area contributed by atoms with E-state index in [0.29, 0.717) is 11.7 Å². The SMILES string of the molecule is CCn1ncnc1[C@H](NC(=O)c1ccc(CSC)o1)C1CC1. The Kier molecular flexibility index (Phi) is 4.52. The maximum atomic E-state index is 12.4. The fourth-order valence-corrected chi connectivity index (χ4v) is 2.95. The number of aromatic nitrogens is 3. The lowest BCUT2D eigenvalue weighted by molar-refractivity contribution is 0.0899. The minimum absolute atomic E-state index is 0.0935. The predicted octanol–water partition coefficient (Wildman–Crippen LogP) is 2.64. The van der Waals surface area contributed by atoms with E-state index in [2.05, 4.69) is 15.4 Å². The van der Waals surface area contributed by atoms with Crippen molar-refractivity contribution >= 4 is 17.7 Å². The van der Waals surface area contributed by atoms with Crippen molar-refractivity contribution in [2.45, 2.75) is 38.1 Å². The molecule has 3 rings (SSSR count). The summed E-state index contributed by atoms with van der Waals surface area (Å²) in [6, 6.07) is 3.49. The molecule has 0 aliphatic heterocycles. The molecule has 0 radical (unpaired) electrons. The van der Waals surface area contributed by atoms with Gasteiger partial charge in [0.2, 0.25) is 0 Å². The van der Waals surface area contributed by atoms with Crippen LogP contribution >= 0.6 is 11.8 Å². The lowest BCUT2D eigenvalue weighted by atomic mass is 10.1. The van der Waals surface area contributed by atoms with E-state index >= 15 is 0 Å². The van der Waals surface area contributed by atoms with E-state index in [0.717, 1.165) is 36.7 Å². The Morgan fingerprint density at radius 3 is 3.05 bits per heavy atom. The van der Waals surface area contributed by atoms with Crippen LogP contribution in [0.4, 0.5) is 0 Å². The molecule has 1 aliphatic carbocycles. The molecule has 2 aromatic heterocycles. The summed E-state index contributed by atoms with van der Waals surface area (Å²) in [5.74, 6) is 3.03. The smallest absolute Gasteiger partial charge is 0.287 e. The van der Waals surface area contributed by atoms with Crippen LogP contribution in [0.1, 0.15) is 47.9 Å². The van der Waals surface area contributed by atoms with E-state index in [-0.39, 0.29) is 11.9 Å². The molecule has 1 N–H and O–H groups in total. The van der Waals surface area contributed by atoms with Crippen molar-refractivity contribution < 1.29 is 9.21 Å². The highest BCUT2D eigenvalue weighted by Crippen LogP contribution is 2.40. The molecule has 0 aromatic carbocycles. The number of aryl methyl sites for hydroxylation is 1. The number of hydrogen-bond donors (Lipinski definition) is 1. The van der Waals surface area contributed by atoms with Gasteiger partial charge >= 0.3 is 0 Å². The van der Waals surface area contributed by atoms with Crippen molar-refractivity contribution in [2.24, 2.45) is 5.92 Å². The first kappa shape index (κ1) is 15.1. The first-order valence-electron chi connectivity index (χ1n) is 7.49. The summed E-state index contributed by atoms with van der Waals surface area (Å²) >= 11 is 1.66. The van der Waals surface area contributed by atoms with Crippen molar-refractivity contribution in [2.75, 3.05) is 6.26 Å². The van der Waals surface area contributed by atoms with Gasteiger partial charge in [0.25, 0.3) is 5.91 Å². The topological polar surface area (TPSA) is 73.0 Å². The maximum Gasteiger partial charge on any atom is 0.287 e. The predicted molar refractivity (Wildman–Crippen MR) is 84.6 cm³/mol. The third kappa shape index (κ3) is 3.19. The van der Waals surface area contributed by atoms with Gasteiger partial charge in [-0.1, -0.05) is 0 Å². The van der Waals surface area contributed by atoms with Gasteiger partial charge in [-0.2, -0.15) is 16.9 Å². The molecule has 2 heterocycles. The van der Waals surface area contributed by atoms with E-state index in [1.807, 2.05) is 23.9 Å². The van der Waals surface area contributed by atoms with E-state index in [1.54, 1.807) is 24.2 Å². The molecule has 0 unspecified atom stereocenters. The Morgan fingerprint density at radius 2 is 2.36 bits per heavy atom. The summed E-state index contributed by atoms with van der Waals surface area (Å²) in [6.45, 7) is 2.76. The van der Waals surface area contributed by atoms with Crippen molar-refractivity contribution in [1.82, 2.24) is 20.1 Å². The highest BCUT2D eigenvalue weighted by molar-refractivity contribution is 7.97. The molecule has 6 nitrogen and oxygen atoms in total. The summed E-state index contributed by atoms with van der Waals surface area (Å²) in [5, 5.41) is 7.27. The first-order valence-corrected chi connectivity index (χ1v) is 8.88.